The SMILES string of the molecule is CCCCC/C=C\C/C=C\C/C=C\C/C=C\CCCCCC(=O)O[C@H](COC(=O)CCC/C=C\C[C@H]1C(=O)C[C@@H](O)[C@@H]1/C=C/[C@@H](O)CCCCC)COP(=O)(O)OC[C@H](N)C(=O)O. The maximum atomic E-state index is 12.7. The first-order chi connectivity index (χ1) is 30.3. The zero-order valence-electron chi connectivity index (χ0n) is 37.9. The summed E-state index contributed by atoms with van der Waals surface area (Å²) >= 11 is 0. The van der Waals surface area contributed by atoms with E-state index in [1.807, 2.05) is 12.2 Å². The fourth-order valence-corrected chi connectivity index (χ4v) is 7.34. The quantitative estimate of drug-likeness (QED) is 0.0168. The van der Waals surface area contributed by atoms with Gasteiger partial charge >= 0.3 is 25.7 Å². The lowest BCUT2D eigenvalue weighted by Crippen LogP contribution is -2.34. The number of carbonyl (C=O) groups excluding carboxylic acids is 3. The third-order valence-corrected chi connectivity index (χ3v) is 11.2. The number of aliphatic carboxylic acids is 1. The average molecular weight is 908 g/mol. The molecule has 0 heterocycles. The molecule has 1 unspecified atom stereocenters. The minimum absolute atomic E-state index is 0.0162. The molecule has 0 saturated heterocycles. The number of esters is 2. The highest BCUT2D eigenvalue weighted by molar-refractivity contribution is 7.47. The van der Waals surface area contributed by atoms with Crippen LogP contribution in [-0.2, 0) is 42.3 Å². The van der Waals surface area contributed by atoms with Crippen molar-refractivity contribution in [3.8, 4) is 0 Å². The summed E-state index contributed by atoms with van der Waals surface area (Å²) in [7, 11) is -4.80. The summed E-state index contributed by atoms with van der Waals surface area (Å²) in [5, 5.41) is 29.6. The molecule has 6 N–H and O–H groups in total. The molecule has 0 bridgehead atoms. The molecule has 1 aliphatic rings. The fraction of sp³-hybridized carbons (Fsp3) is 0.667. The van der Waals surface area contributed by atoms with Gasteiger partial charge in [0.15, 0.2) is 6.10 Å². The van der Waals surface area contributed by atoms with Crippen molar-refractivity contribution in [3.63, 3.8) is 0 Å². The van der Waals surface area contributed by atoms with Crippen molar-refractivity contribution in [1.82, 2.24) is 0 Å². The minimum Gasteiger partial charge on any atom is -0.480 e. The van der Waals surface area contributed by atoms with Crippen LogP contribution in [-0.4, -0.2) is 88.1 Å². The van der Waals surface area contributed by atoms with E-state index in [0.29, 0.717) is 32.1 Å². The van der Waals surface area contributed by atoms with Crippen molar-refractivity contribution in [1.29, 1.82) is 0 Å². The van der Waals surface area contributed by atoms with Gasteiger partial charge in [0.25, 0.3) is 0 Å². The molecular weight excluding hydrogens is 829 g/mol. The molecule has 7 atom stereocenters. The number of ketones is 1. The van der Waals surface area contributed by atoms with Crippen LogP contribution in [0.1, 0.15) is 149 Å². The molecule has 0 aromatic carbocycles. The number of carboxylic acid groups (broad SMARTS) is 1. The van der Waals surface area contributed by atoms with Crippen molar-refractivity contribution in [3.05, 3.63) is 72.9 Å². The highest BCUT2D eigenvalue weighted by atomic mass is 31.2. The summed E-state index contributed by atoms with van der Waals surface area (Å²) < 4.78 is 32.6. The van der Waals surface area contributed by atoms with E-state index in [4.69, 9.17) is 24.8 Å². The number of hydrogen-bond donors (Lipinski definition) is 5. The number of allylic oxidation sites excluding steroid dienone is 10. The summed E-state index contributed by atoms with van der Waals surface area (Å²) in [6, 6.07) is -1.57. The van der Waals surface area contributed by atoms with Gasteiger partial charge in [0.1, 0.15) is 18.4 Å². The van der Waals surface area contributed by atoms with Crippen molar-refractivity contribution in [2.45, 2.75) is 173 Å². The van der Waals surface area contributed by atoms with Crippen LogP contribution in [0.25, 0.3) is 0 Å². The largest absolute Gasteiger partial charge is 0.480 e. The summed E-state index contributed by atoms with van der Waals surface area (Å²) in [5.74, 6) is -3.47. The van der Waals surface area contributed by atoms with Gasteiger partial charge in [0, 0.05) is 31.1 Å². The maximum Gasteiger partial charge on any atom is 0.472 e. The number of phosphoric acid groups is 1. The van der Waals surface area contributed by atoms with Crippen molar-refractivity contribution < 1.29 is 62.5 Å². The van der Waals surface area contributed by atoms with E-state index in [1.54, 1.807) is 12.2 Å². The number of aliphatic hydroxyl groups is 2. The molecule has 0 radical (unpaired) electrons. The van der Waals surface area contributed by atoms with E-state index in [0.717, 1.165) is 64.2 Å². The van der Waals surface area contributed by atoms with E-state index in [-0.39, 0.29) is 31.0 Å². The van der Waals surface area contributed by atoms with Gasteiger partial charge in [0.2, 0.25) is 0 Å². The molecular formula is C48H78NO13P. The van der Waals surface area contributed by atoms with Crippen LogP contribution in [0.5, 0.6) is 0 Å². The Bertz CT molecular complexity index is 1510. The Labute approximate surface area is 376 Å². The molecule has 0 aromatic heterocycles. The molecule has 0 aliphatic heterocycles. The second kappa shape index (κ2) is 36.8. The Morgan fingerprint density at radius 1 is 0.746 bits per heavy atom. The Balaban J connectivity index is 2.51. The number of carbonyl (C=O) groups is 4. The van der Waals surface area contributed by atoms with E-state index in [1.165, 1.54) is 19.3 Å². The molecule has 14 nitrogen and oxygen atoms in total. The van der Waals surface area contributed by atoms with Gasteiger partial charge in [-0.2, -0.15) is 0 Å². The van der Waals surface area contributed by atoms with Gasteiger partial charge in [0.05, 0.1) is 25.4 Å². The van der Waals surface area contributed by atoms with Crippen LogP contribution in [0.3, 0.4) is 0 Å². The second-order valence-electron chi connectivity index (χ2n) is 16.0. The Hall–Kier alpha value is -3.49. The molecule has 1 rings (SSSR count). The zero-order valence-corrected chi connectivity index (χ0v) is 38.7. The van der Waals surface area contributed by atoms with E-state index in [2.05, 4.69) is 67.0 Å². The zero-order chi connectivity index (χ0) is 46.6. The lowest BCUT2D eigenvalue weighted by atomic mass is 9.90. The standard InChI is InChI=1S/C48H78NO13P/c1-3-5-7-8-9-10-11-12-13-14-15-16-17-18-19-20-21-22-28-32-47(54)62-40(37-60-63(57,58)61-38-43(49)48(55)56)36-59-46(53)31-27-24-23-26-30-41-42(45(52)35-44(41)51)34-33-39(50)29-25-6-4-2/h9-10,12-13,15-16,18-19,23,26,33-34,39-43,45,50,52H,3-8,11,14,17,20-22,24-25,27-32,35-38,49H2,1-2H3,(H,55,56)(H,57,58)/b10-9-,13-12-,16-15-,19-18-,26-23-,34-33+/t39-,40+,41+,42+,43-,45+/m0/s1. The normalized spacial score (nSPS) is 19.6. The molecule has 1 saturated carbocycles. The molecule has 63 heavy (non-hydrogen) atoms. The minimum atomic E-state index is -4.80. The lowest BCUT2D eigenvalue weighted by Gasteiger charge is -2.20. The third kappa shape index (κ3) is 31.1. The fourth-order valence-electron chi connectivity index (χ4n) is 6.56. The highest BCUT2D eigenvalue weighted by Gasteiger charge is 2.39. The van der Waals surface area contributed by atoms with Gasteiger partial charge in [-0.3, -0.25) is 28.2 Å². The number of rotatable bonds is 38. The average Bonchev–Trinajstić information content (AvgIpc) is 3.52. The molecule has 0 aromatic rings. The van der Waals surface area contributed by atoms with Crippen LogP contribution in [0.15, 0.2) is 72.9 Å². The first kappa shape index (κ1) is 57.5. The molecule has 358 valence electrons. The molecule has 15 heteroatoms. The van der Waals surface area contributed by atoms with Crippen molar-refractivity contribution in [2.75, 3.05) is 19.8 Å². The van der Waals surface area contributed by atoms with Crippen LogP contribution >= 0.6 is 7.82 Å². The first-order valence-corrected chi connectivity index (χ1v) is 24.6. The van der Waals surface area contributed by atoms with Crippen molar-refractivity contribution in [2.24, 2.45) is 17.6 Å². The smallest absolute Gasteiger partial charge is 0.472 e. The van der Waals surface area contributed by atoms with E-state index >= 15 is 0 Å². The Morgan fingerprint density at radius 2 is 1.30 bits per heavy atom. The summed E-state index contributed by atoms with van der Waals surface area (Å²) in [6.07, 6.45) is 37.6. The third-order valence-electron chi connectivity index (χ3n) is 10.3. The number of aliphatic hydroxyl groups excluding tert-OH is 2. The predicted molar refractivity (Wildman–Crippen MR) is 245 cm³/mol. The van der Waals surface area contributed by atoms with Gasteiger partial charge in [-0.1, -0.05) is 125 Å². The number of hydrogen-bond acceptors (Lipinski definition) is 12. The molecule has 1 fully saturated rings. The van der Waals surface area contributed by atoms with Crippen molar-refractivity contribution >= 4 is 31.5 Å². The number of phosphoric ester groups is 1. The number of unbranched alkanes of at least 4 members (excludes halogenated alkanes) is 9. The lowest BCUT2D eigenvalue weighted by molar-refractivity contribution is -0.161. The maximum absolute atomic E-state index is 12.7. The first-order valence-electron chi connectivity index (χ1n) is 23.1. The number of nitrogens with two attached hydrogens (primary N) is 1. The Morgan fingerprint density at radius 3 is 1.94 bits per heavy atom. The van der Waals surface area contributed by atoms with Gasteiger partial charge < -0.3 is 35.4 Å². The topological polar surface area (TPSA) is 229 Å². The number of carboxylic acids is 1. The van der Waals surface area contributed by atoms with Crippen LogP contribution in [0.2, 0.25) is 0 Å². The van der Waals surface area contributed by atoms with Gasteiger partial charge in [-0.15, -0.1) is 0 Å². The highest BCUT2D eigenvalue weighted by Crippen LogP contribution is 2.43. The summed E-state index contributed by atoms with van der Waals surface area (Å²) in [4.78, 5) is 58.8. The summed E-state index contributed by atoms with van der Waals surface area (Å²) in [6.45, 7) is 2.35. The second-order valence-corrected chi connectivity index (χ2v) is 17.4. The monoisotopic (exact) mass is 908 g/mol. The molecule has 0 amide bonds. The predicted octanol–water partition coefficient (Wildman–Crippen LogP) is 9.09. The number of ether oxygens (including phenoxy) is 2. The molecule has 1 aliphatic carbocycles. The van der Waals surface area contributed by atoms with Gasteiger partial charge in [-0.25, -0.2) is 4.57 Å². The Kier molecular flexibility index (Phi) is 33.6. The van der Waals surface area contributed by atoms with Crippen LogP contribution in [0.4, 0.5) is 0 Å². The van der Waals surface area contributed by atoms with Crippen LogP contribution in [0, 0.1) is 11.8 Å². The van der Waals surface area contributed by atoms with E-state index < -0.39 is 75.8 Å². The van der Waals surface area contributed by atoms with Gasteiger partial charge in [-0.05, 0) is 77.0 Å². The van der Waals surface area contributed by atoms with E-state index in [9.17, 15) is 38.8 Å². The molecule has 0 spiro atoms. The summed E-state index contributed by atoms with van der Waals surface area (Å²) in [5.41, 5.74) is 5.33. The number of Topliss-reactive ketones (excluding diaryl/α,β-unsaturated/α-hetero) is 1. The van der Waals surface area contributed by atoms with Crippen LogP contribution < -0.4 is 5.73 Å².